The Morgan fingerprint density at radius 3 is 2.61 bits per heavy atom. The van der Waals surface area contributed by atoms with Crippen molar-refractivity contribution >= 4 is 53.4 Å². The second-order valence-corrected chi connectivity index (χ2v) is 11.5. The fourth-order valence-electron chi connectivity index (χ4n) is 3.92. The molecule has 9 heteroatoms. The summed E-state index contributed by atoms with van der Waals surface area (Å²) in [5, 5.41) is 0. The lowest BCUT2D eigenvalue weighted by Crippen LogP contribution is -2.41. The summed E-state index contributed by atoms with van der Waals surface area (Å²) in [5.41, 5.74) is 1.39. The van der Waals surface area contributed by atoms with Crippen molar-refractivity contribution < 1.29 is 13.2 Å². The number of aryl methyl sites for hydroxylation is 1. The molecule has 1 unspecified atom stereocenters. The lowest BCUT2D eigenvalue weighted by Gasteiger charge is -2.32. The number of hydrogen-bond donors (Lipinski definition) is 0. The van der Waals surface area contributed by atoms with E-state index in [1.54, 1.807) is 16.4 Å². The highest BCUT2D eigenvalue weighted by Crippen LogP contribution is 2.26. The van der Waals surface area contributed by atoms with Crippen molar-refractivity contribution in [3.05, 3.63) is 57.3 Å². The average Bonchev–Trinajstić information content (AvgIpc) is 3.09. The molecule has 2 aromatic carbocycles. The second-order valence-electron chi connectivity index (χ2n) is 7.64. The quantitative estimate of drug-likeness (QED) is 0.495. The van der Waals surface area contributed by atoms with Crippen LogP contribution in [0.3, 0.4) is 0 Å². The van der Waals surface area contributed by atoms with Crippen LogP contribution in [-0.2, 0) is 16.6 Å². The van der Waals surface area contributed by atoms with E-state index >= 15 is 0 Å². The highest BCUT2D eigenvalue weighted by molar-refractivity contribution is 9.10. The van der Waals surface area contributed by atoms with Crippen LogP contribution in [0.15, 0.2) is 56.8 Å². The van der Waals surface area contributed by atoms with Crippen LogP contribution in [-0.4, -0.2) is 35.8 Å². The summed E-state index contributed by atoms with van der Waals surface area (Å²) in [6.07, 6.45) is 2.80. The summed E-state index contributed by atoms with van der Waals surface area (Å²) in [6.45, 7) is 5.19. The first kappa shape index (κ1) is 22.4. The molecule has 1 aliphatic heterocycles. The Morgan fingerprint density at radius 1 is 1.19 bits per heavy atom. The zero-order valence-electron chi connectivity index (χ0n) is 17.4. The summed E-state index contributed by atoms with van der Waals surface area (Å²) in [4.78, 5) is 18.0. The third-order valence-electron chi connectivity index (χ3n) is 5.61. The van der Waals surface area contributed by atoms with Gasteiger partial charge in [0.1, 0.15) is 0 Å². The summed E-state index contributed by atoms with van der Waals surface area (Å²) >= 11 is 4.93. The SMILES string of the molecule is CCn1c(=NC(=O)c2ccc(S(=O)(=O)N3CCCCC3C)cc2)sc2cc(Br)ccc21. The Labute approximate surface area is 194 Å². The van der Waals surface area contributed by atoms with Gasteiger partial charge in [0.25, 0.3) is 5.91 Å². The van der Waals surface area contributed by atoms with Crippen LogP contribution in [0.4, 0.5) is 0 Å². The first-order chi connectivity index (χ1) is 14.8. The molecule has 0 bridgehead atoms. The number of carbonyl (C=O) groups excluding carboxylic acids is 1. The molecule has 4 rings (SSSR count). The molecule has 2 heterocycles. The molecule has 164 valence electrons. The van der Waals surface area contributed by atoms with Crippen LogP contribution < -0.4 is 4.80 Å². The van der Waals surface area contributed by atoms with Gasteiger partial charge in [0.2, 0.25) is 10.0 Å². The van der Waals surface area contributed by atoms with Crippen molar-refractivity contribution in [2.24, 2.45) is 4.99 Å². The van der Waals surface area contributed by atoms with Crippen molar-refractivity contribution in [1.29, 1.82) is 0 Å². The Morgan fingerprint density at radius 2 is 1.94 bits per heavy atom. The molecule has 1 aromatic heterocycles. The summed E-state index contributed by atoms with van der Waals surface area (Å²) < 4.78 is 31.6. The van der Waals surface area contributed by atoms with E-state index in [1.165, 1.54) is 23.5 Å². The fraction of sp³-hybridized carbons (Fsp3) is 0.364. The van der Waals surface area contributed by atoms with Gasteiger partial charge >= 0.3 is 0 Å². The van der Waals surface area contributed by atoms with Gasteiger partial charge in [0, 0.05) is 29.2 Å². The number of hydrogen-bond acceptors (Lipinski definition) is 4. The number of halogens is 1. The molecule has 0 aliphatic carbocycles. The van der Waals surface area contributed by atoms with E-state index < -0.39 is 10.0 Å². The third kappa shape index (κ3) is 4.41. The molecule has 1 atom stereocenters. The lowest BCUT2D eigenvalue weighted by atomic mass is 10.1. The van der Waals surface area contributed by atoms with E-state index in [9.17, 15) is 13.2 Å². The minimum atomic E-state index is -3.56. The minimum Gasteiger partial charge on any atom is -0.317 e. The predicted molar refractivity (Wildman–Crippen MR) is 127 cm³/mol. The van der Waals surface area contributed by atoms with Crippen molar-refractivity contribution in [2.45, 2.75) is 50.6 Å². The number of aromatic nitrogens is 1. The third-order valence-corrected chi connectivity index (χ3v) is 9.17. The van der Waals surface area contributed by atoms with Gasteiger partial charge in [-0.05, 0) is 69.2 Å². The molecule has 0 N–H and O–H groups in total. The zero-order valence-corrected chi connectivity index (χ0v) is 20.6. The topological polar surface area (TPSA) is 71.7 Å². The minimum absolute atomic E-state index is 0.00690. The van der Waals surface area contributed by atoms with Gasteiger partial charge in [-0.2, -0.15) is 9.30 Å². The first-order valence-corrected chi connectivity index (χ1v) is 13.4. The van der Waals surface area contributed by atoms with Gasteiger partial charge in [-0.3, -0.25) is 4.79 Å². The zero-order chi connectivity index (χ0) is 22.2. The maximum absolute atomic E-state index is 13.0. The number of amides is 1. The standard InChI is InChI=1S/C22H24BrN3O3S2/c1-3-25-19-12-9-17(23)14-20(19)30-22(25)24-21(27)16-7-10-18(11-8-16)31(28,29)26-13-5-4-6-15(26)2/h7-12,14-15H,3-6,13H2,1-2H3. The molecule has 0 spiro atoms. The number of thiazole rings is 1. The van der Waals surface area contributed by atoms with Crippen LogP contribution in [0.25, 0.3) is 10.2 Å². The Balaban J connectivity index is 1.64. The molecule has 0 saturated carbocycles. The van der Waals surface area contributed by atoms with Crippen molar-refractivity contribution in [3.8, 4) is 0 Å². The van der Waals surface area contributed by atoms with Crippen LogP contribution >= 0.6 is 27.3 Å². The molecule has 1 fully saturated rings. The number of piperidine rings is 1. The number of rotatable bonds is 4. The molecule has 1 aliphatic rings. The van der Waals surface area contributed by atoms with Crippen LogP contribution in [0.2, 0.25) is 0 Å². The number of fused-ring (bicyclic) bond motifs is 1. The lowest BCUT2D eigenvalue weighted by molar-refractivity contribution is 0.0997. The summed E-state index contributed by atoms with van der Waals surface area (Å²) in [5.74, 6) is -0.386. The normalized spacial score (nSPS) is 18.5. The largest absolute Gasteiger partial charge is 0.317 e. The highest BCUT2D eigenvalue weighted by atomic mass is 79.9. The van der Waals surface area contributed by atoms with Crippen LogP contribution in [0.1, 0.15) is 43.5 Å². The summed E-state index contributed by atoms with van der Waals surface area (Å²) in [6, 6.07) is 12.1. The predicted octanol–water partition coefficient (Wildman–Crippen LogP) is 4.79. The maximum Gasteiger partial charge on any atom is 0.279 e. The molecule has 1 saturated heterocycles. The van der Waals surface area contributed by atoms with Crippen LogP contribution in [0.5, 0.6) is 0 Å². The smallest absolute Gasteiger partial charge is 0.279 e. The Bertz CT molecular complexity index is 1290. The van der Waals surface area contributed by atoms with Crippen molar-refractivity contribution in [2.75, 3.05) is 6.54 Å². The second kappa shape index (κ2) is 8.97. The van der Waals surface area contributed by atoms with Crippen molar-refractivity contribution in [3.63, 3.8) is 0 Å². The maximum atomic E-state index is 13.0. The molecule has 6 nitrogen and oxygen atoms in total. The van der Waals surface area contributed by atoms with E-state index in [0.29, 0.717) is 23.5 Å². The molecule has 0 radical (unpaired) electrons. The van der Waals surface area contributed by atoms with E-state index in [1.807, 2.05) is 36.6 Å². The van der Waals surface area contributed by atoms with Gasteiger partial charge in [0.15, 0.2) is 4.80 Å². The van der Waals surface area contributed by atoms with Gasteiger partial charge < -0.3 is 4.57 Å². The molecule has 3 aromatic rings. The molecule has 1 amide bonds. The fourth-order valence-corrected chi connectivity index (χ4v) is 7.27. The monoisotopic (exact) mass is 521 g/mol. The Hall–Kier alpha value is -1.81. The number of benzene rings is 2. The van der Waals surface area contributed by atoms with E-state index in [4.69, 9.17) is 0 Å². The molecule has 31 heavy (non-hydrogen) atoms. The van der Waals surface area contributed by atoms with Gasteiger partial charge in [-0.1, -0.05) is 33.7 Å². The highest BCUT2D eigenvalue weighted by Gasteiger charge is 2.30. The molecular formula is C22H24BrN3O3S2. The van der Waals surface area contributed by atoms with E-state index in [2.05, 4.69) is 20.9 Å². The van der Waals surface area contributed by atoms with Gasteiger partial charge in [0.05, 0.1) is 15.1 Å². The van der Waals surface area contributed by atoms with Gasteiger partial charge in [-0.25, -0.2) is 8.42 Å². The molecular weight excluding hydrogens is 498 g/mol. The first-order valence-electron chi connectivity index (χ1n) is 10.3. The van der Waals surface area contributed by atoms with Gasteiger partial charge in [-0.15, -0.1) is 0 Å². The number of sulfonamides is 1. The van der Waals surface area contributed by atoms with E-state index in [-0.39, 0.29) is 16.8 Å². The average molecular weight is 522 g/mol. The van der Waals surface area contributed by atoms with Crippen molar-refractivity contribution in [1.82, 2.24) is 8.87 Å². The summed E-state index contributed by atoms with van der Waals surface area (Å²) in [7, 11) is -3.56. The Kier molecular flexibility index (Phi) is 6.48. The number of nitrogens with zero attached hydrogens (tertiary/aromatic N) is 3. The number of carbonyl (C=O) groups is 1. The van der Waals surface area contributed by atoms with E-state index in [0.717, 1.165) is 34.0 Å². The van der Waals surface area contributed by atoms with Crippen LogP contribution in [0, 0.1) is 0 Å².